The van der Waals surface area contributed by atoms with Crippen molar-refractivity contribution in [2.45, 2.75) is 38.8 Å². The van der Waals surface area contributed by atoms with Crippen LogP contribution in [0.25, 0.3) is 0 Å². The number of hydrogen-bond donors (Lipinski definition) is 2. The summed E-state index contributed by atoms with van der Waals surface area (Å²) in [7, 11) is 0. The summed E-state index contributed by atoms with van der Waals surface area (Å²) < 4.78 is 27.3. The van der Waals surface area contributed by atoms with E-state index in [1.54, 1.807) is 34.9 Å². The number of piperidine rings is 1. The van der Waals surface area contributed by atoms with Gasteiger partial charge in [0.05, 0.1) is 43.3 Å². The molecule has 0 aliphatic carbocycles. The molecule has 1 aromatic carbocycles. The second-order valence-corrected chi connectivity index (χ2v) is 9.24. The molecule has 4 heterocycles. The molecule has 5 rings (SSSR count). The monoisotopic (exact) mass is 528 g/mol. The Morgan fingerprint density at radius 3 is 2.74 bits per heavy atom. The van der Waals surface area contributed by atoms with Crippen LogP contribution >= 0.6 is 0 Å². The predicted molar refractivity (Wildman–Crippen MR) is 132 cm³/mol. The Morgan fingerprint density at radius 1 is 1.26 bits per heavy atom. The molecule has 38 heavy (non-hydrogen) atoms. The second kappa shape index (κ2) is 10.7. The lowest BCUT2D eigenvalue weighted by Crippen LogP contribution is -2.42. The van der Waals surface area contributed by atoms with Crippen LogP contribution in [0.4, 0.5) is 20.6 Å². The number of hydrazine groups is 2. The Kier molecular flexibility index (Phi) is 7.13. The minimum atomic E-state index is -0.559. The highest BCUT2D eigenvalue weighted by atomic mass is 19.1. The van der Waals surface area contributed by atoms with E-state index in [9.17, 15) is 14.4 Å². The van der Waals surface area contributed by atoms with Crippen LogP contribution in [0.15, 0.2) is 36.3 Å². The smallest absolute Gasteiger partial charge is 0.414 e. The van der Waals surface area contributed by atoms with E-state index in [0.29, 0.717) is 55.2 Å². The van der Waals surface area contributed by atoms with Crippen molar-refractivity contribution in [3.05, 3.63) is 47.8 Å². The normalized spacial score (nSPS) is 19.9. The molecular formula is C24H29FN8O5. The van der Waals surface area contributed by atoms with Gasteiger partial charge in [0.25, 0.3) is 0 Å². The van der Waals surface area contributed by atoms with Crippen LogP contribution in [-0.2, 0) is 14.3 Å². The number of anilines is 2. The average molecular weight is 529 g/mol. The highest BCUT2D eigenvalue weighted by Gasteiger charge is 2.35. The van der Waals surface area contributed by atoms with Crippen molar-refractivity contribution in [3.8, 4) is 0 Å². The van der Waals surface area contributed by atoms with Crippen molar-refractivity contribution in [2.24, 2.45) is 0 Å². The lowest BCUT2D eigenvalue weighted by Gasteiger charge is -2.34. The molecule has 3 aliphatic rings. The summed E-state index contributed by atoms with van der Waals surface area (Å²) in [6.07, 6.45) is 3.27. The molecular weight excluding hydrogens is 499 g/mol. The van der Waals surface area contributed by atoms with Gasteiger partial charge in [0.1, 0.15) is 17.6 Å². The summed E-state index contributed by atoms with van der Waals surface area (Å²) in [5.41, 5.74) is 7.14. The van der Waals surface area contributed by atoms with Crippen LogP contribution in [0, 0.1) is 5.82 Å². The fourth-order valence-electron chi connectivity index (χ4n) is 4.81. The summed E-state index contributed by atoms with van der Waals surface area (Å²) in [4.78, 5) is 39.5. The van der Waals surface area contributed by atoms with Gasteiger partial charge in [-0.2, -0.15) is 0 Å². The zero-order valence-electron chi connectivity index (χ0n) is 21.1. The fraction of sp³-hybridized carbons (Fsp3) is 0.458. The molecule has 0 radical (unpaired) electrons. The number of halogens is 1. The molecule has 0 saturated carbocycles. The van der Waals surface area contributed by atoms with E-state index in [0.717, 1.165) is 0 Å². The first-order chi connectivity index (χ1) is 18.3. The fourth-order valence-corrected chi connectivity index (χ4v) is 4.81. The maximum atomic E-state index is 15.2. The van der Waals surface area contributed by atoms with Gasteiger partial charge in [0.2, 0.25) is 0 Å². The van der Waals surface area contributed by atoms with Gasteiger partial charge < -0.3 is 14.4 Å². The third-order valence-electron chi connectivity index (χ3n) is 6.73. The number of carbonyl (C=O) groups is 3. The lowest BCUT2D eigenvalue weighted by molar-refractivity contribution is -0.113. The summed E-state index contributed by atoms with van der Waals surface area (Å²) in [6.45, 7) is 5.12. The zero-order valence-corrected chi connectivity index (χ0v) is 21.1. The van der Waals surface area contributed by atoms with Crippen LogP contribution in [0.1, 0.15) is 43.2 Å². The Labute approximate surface area is 218 Å². The molecule has 0 bridgehead atoms. The lowest BCUT2D eigenvalue weighted by atomic mass is 10.0. The molecule has 3 aliphatic heterocycles. The van der Waals surface area contributed by atoms with E-state index in [1.165, 1.54) is 24.1 Å². The van der Waals surface area contributed by atoms with E-state index in [1.807, 2.05) is 4.90 Å². The highest BCUT2D eigenvalue weighted by Crippen LogP contribution is 2.32. The molecule has 1 amide bonds. The standard InChI is InChI=1S/C24H29FN8O5/c1-3-37-23(35)22-11-26-28-33(22)16-6-8-30(9-7-16)21-5-4-17(10-19(21)25)32-13-18(38-24(32)36)12-31-14-20(15(2)34)27-29-31/h4-5,10-11,14,16,18,27,29H,3,6-9,12-13H2,1-2H3/t18-/m0/s1. The van der Waals surface area contributed by atoms with Gasteiger partial charge in [0, 0.05) is 26.2 Å². The highest BCUT2D eigenvalue weighted by molar-refractivity contribution is 5.92. The number of Topliss-reactive ketones (excluding diaryl/α,β-unsaturated/α-hetero) is 1. The Morgan fingerprint density at radius 2 is 2.05 bits per heavy atom. The van der Waals surface area contributed by atoms with E-state index in [4.69, 9.17) is 9.47 Å². The maximum Gasteiger partial charge on any atom is 0.414 e. The second-order valence-electron chi connectivity index (χ2n) is 9.24. The van der Waals surface area contributed by atoms with Gasteiger partial charge in [-0.3, -0.25) is 20.1 Å². The Balaban J connectivity index is 1.19. The number of ketones is 1. The third kappa shape index (κ3) is 5.11. The first-order valence-corrected chi connectivity index (χ1v) is 12.4. The van der Waals surface area contributed by atoms with E-state index in [2.05, 4.69) is 21.3 Å². The number of hydrogen-bond acceptors (Lipinski definition) is 11. The Hall–Kier alpha value is -4.20. The summed E-state index contributed by atoms with van der Waals surface area (Å²) in [5.74, 6) is -1.02. The molecule has 2 fully saturated rings. The molecule has 202 valence electrons. The number of amides is 1. The van der Waals surface area contributed by atoms with Gasteiger partial charge in [-0.05, 0) is 38.0 Å². The van der Waals surface area contributed by atoms with Crippen LogP contribution in [0.3, 0.4) is 0 Å². The van der Waals surface area contributed by atoms with E-state index >= 15 is 4.39 Å². The minimum absolute atomic E-state index is 0.0477. The van der Waals surface area contributed by atoms with Crippen LogP contribution in [-0.4, -0.2) is 76.7 Å². The van der Waals surface area contributed by atoms with Gasteiger partial charge in [0.15, 0.2) is 11.5 Å². The Bertz CT molecular complexity index is 1260. The van der Waals surface area contributed by atoms with Crippen molar-refractivity contribution in [1.82, 2.24) is 31.0 Å². The first-order valence-electron chi connectivity index (χ1n) is 12.4. The number of ether oxygens (including phenoxy) is 2. The van der Waals surface area contributed by atoms with Gasteiger partial charge >= 0.3 is 12.1 Å². The van der Waals surface area contributed by atoms with Crippen molar-refractivity contribution in [2.75, 3.05) is 42.6 Å². The number of carbonyl (C=O) groups excluding carboxylic acids is 3. The summed E-state index contributed by atoms with van der Waals surface area (Å²) in [6, 6.07) is 4.66. The number of aromatic nitrogens is 3. The number of cyclic esters (lactones) is 1. The van der Waals surface area contributed by atoms with Gasteiger partial charge in [-0.15, -0.1) is 10.6 Å². The number of allylic oxidation sites excluding steroid dienone is 1. The number of esters is 1. The first kappa shape index (κ1) is 25.4. The van der Waals surface area contributed by atoms with Crippen molar-refractivity contribution >= 4 is 29.2 Å². The summed E-state index contributed by atoms with van der Waals surface area (Å²) >= 11 is 0. The number of nitrogens with one attached hydrogen (secondary N) is 2. The number of benzene rings is 1. The minimum Gasteiger partial charge on any atom is -0.461 e. The van der Waals surface area contributed by atoms with Crippen molar-refractivity contribution in [3.63, 3.8) is 0 Å². The molecule has 13 nitrogen and oxygen atoms in total. The molecule has 2 aromatic rings. The predicted octanol–water partition coefficient (Wildman–Crippen LogP) is 1.52. The van der Waals surface area contributed by atoms with E-state index in [-0.39, 0.29) is 25.0 Å². The van der Waals surface area contributed by atoms with Crippen molar-refractivity contribution in [1.29, 1.82) is 0 Å². The quantitative estimate of drug-likeness (QED) is 0.483. The largest absolute Gasteiger partial charge is 0.461 e. The van der Waals surface area contributed by atoms with E-state index < -0.39 is 24.0 Å². The number of nitrogens with zero attached hydrogens (tertiary/aromatic N) is 6. The SMILES string of the molecule is CCOC(=O)c1cnnn1C1CCN(c2ccc(N3C[C@H](CN4C=C(C(C)=O)NN4)OC3=O)cc2F)CC1. The number of rotatable bonds is 8. The topological polar surface area (TPSA) is 134 Å². The zero-order chi connectivity index (χ0) is 26.8. The van der Waals surface area contributed by atoms with Crippen LogP contribution < -0.4 is 20.8 Å². The van der Waals surface area contributed by atoms with Gasteiger partial charge in [-0.1, -0.05) is 5.21 Å². The molecule has 0 spiro atoms. The molecule has 1 atom stereocenters. The van der Waals surface area contributed by atoms with Crippen LogP contribution in [0.2, 0.25) is 0 Å². The summed E-state index contributed by atoms with van der Waals surface area (Å²) in [5, 5.41) is 9.55. The molecule has 14 heteroatoms. The molecule has 1 aromatic heterocycles. The average Bonchev–Trinajstić information content (AvgIpc) is 3.65. The molecule has 2 N–H and O–H groups in total. The van der Waals surface area contributed by atoms with Crippen LogP contribution in [0.5, 0.6) is 0 Å². The third-order valence-corrected chi connectivity index (χ3v) is 6.73. The molecule has 0 unspecified atom stereocenters. The van der Waals surface area contributed by atoms with Crippen molar-refractivity contribution < 1.29 is 28.2 Å². The maximum absolute atomic E-state index is 15.2. The van der Waals surface area contributed by atoms with Gasteiger partial charge in [-0.25, -0.2) is 18.7 Å². The molecule has 2 saturated heterocycles.